The van der Waals surface area contributed by atoms with Gasteiger partial charge in [0, 0.05) is 12.3 Å². The summed E-state index contributed by atoms with van der Waals surface area (Å²) in [6.07, 6.45) is -1.14. The van der Waals surface area contributed by atoms with Crippen LogP contribution in [-0.2, 0) is 23.8 Å². The van der Waals surface area contributed by atoms with E-state index in [1.165, 1.54) is 16.8 Å². The Morgan fingerprint density at radius 3 is 2.68 bits per heavy atom. The van der Waals surface area contributed by atoms with Crippen LogP contribution in [0.1, 0.15) is 31.7 Å². The molecule has 2 aliphatic rings. The van der Waals surface area contributed by atoms with Gasteiger partial charge in [0.2, 0.25) is 0 Å². The van der Waals surface area contributed by atoms with E-state index in [-0.39, 0.29) is 12.4 Å². The first-order chi connectivity index (χ1) is 14.8. The third-order valence-electron chi connectivity index (χ3n) is 5.08. The number of carbonyl (C=O) groups excluding carboxylic acids is 1. The SMILES string of the molecule is CC1(C)O[C@@H]2[C@H](O1)[C@@H](CO)O[C@H]2n1ccc(NOC(=O)[C@@H](N)c2ccccc2)nc1=O. The van der Waals surface area contributed by atoms with Gasteiger partial charge in [-0.05, 0) is 19.4 Å². The zero-order valence-corrected chi connectivity index (χ0v) is 17.0. The summed E-state index contributed by atoms with van der Waals surface area (Å²) >= 11 is 0. The molecule has 4 N–H and O–H groups in total. The summed E-state index contributed by atoms with van der Waals surface area (Å²) in [4.78, 5) is 33.5. The molecule has 0 aliphatic carbocycles. The highest BCUT2D eigenvalue weighted by atomic mass is 16.8. The van der Waals surface area contributed by atoms with Gasteiger partial charge in [0.1, 0.15) is 24.4 Å². The number of benzene rings is 1. The molecule has 2 aliphatic heterocycles. The molecule has 0 radical (unpaired) electrons. The first-order valence-electron chi connectivity index (χ1n) is 9.77. The zero-order chi connectivity index (χ0) is 22.2. The predicted octanol–water partition coefficient (Wildman–Crippen LogP) is 0.223. The van der Waals surface area contributed by atoms with E-state index >= 15 is 0 Å². The van der Waals surface area contributed by atoms with Crippen molar-refractivity contribution in [2.24, 2.45) is 5.73 Å². The van der Waals surface area contributed by atoms with E-state index in [1.54, 1.807) is 38.1 Å². The molecule has 2 saturated heterocycles. The van der Waals surface area contributed by atoms with Gasteiger partial charge in [0.25, 0.3) is 0 Å². The van der Waals surface area contributed by atoms with Gasteiger partial charge in [-0.1, -0.05) is 30.3 Å². The van der Waals surface area contributed by atoms with Gasteiger partial charge in [-0.2, -0.15) is 4.98 Å². The molecular weight excluding hydrogens is 408 g/mol. The summed E-state index contributed by atoms with van der Waals surface area (Å²) in [5.74, 6) is -1.58. The summed E-state index contributed by atoms with van der Waals surface area (Å²) < 4.78 is 18.6. The van der Waals surface area contributed by atoms with Crippen LogP contribution in [0, 0.1) is 0 Å². The van der Waals surface area contributed by atoms with Gasteiger partial charge in [-0.15, -0.1) is 0 Å². The highest BCUT2D eigenvalue weighted by Crippen LogP contribution is 2.42. The second-order valence-corrected chi connectivity index (χ2v) is 7.73. The number of aliphatic hydroxyl groups is 1. The van der Waals surface area contributed by atoms with Crippen molar-refractivity contribution in [3.8, 4) is 0 Å². The molecule has 5 atom stereocenters. The normalized spacial score (nSPS) is 27.5. The lowest BCUT2D eigenvalue weighted by atomic mass is 10.1. The Kier molecular flexibility index (Phi) is 5.77. The number of fused-ring (bicyclic) bond motifs is 1. The Morgan fingerprint density at radius 1 is 1.29 bits per heavy atom. The Bertz CT molecular complexity index is 997. The van der Waals surface area contributed by atoms with Crippen LogP contribution in [-0.4, -0.2) is 51.3 Å². The van der Waals surface area contributed by atoms with E-state index in [0.29, 0.717) is 5.56 Å². The van der Waals surface area contributed by atoms with Crippen molar-refractivity contribution in [3.63, 3.8) is 0 Å². The molecule has 4 rings (SSSR count). The van der Waals surface area contributed by atoms with Crippen molar-refractivity contribution >= 4 is 11.8 Å². The number of ether oxygens (including phenoxy) is 3. The Hall–Kier alpha value is -2.83. The standard InChI is InChI=1S/C20H24N4O7/c1-20(2)29-15-12(10-25)28-17(16(15)30-20)24-9-8-13(22-19(24)27)23-31-18(26)14(21)11-6-4-3-5-7-11/h3-9,12,14-17,25H,10,21H2,1-2H3,(H,22,23,27)/t12-,14+,15-,16-,17-/m1/s1. The van der Waals surface area contributed by atoms with Crippen LogP contribution in [0.4, 0.5) is 5.82 Å². The van der Waals surface area contributed by atoms with Gasteiger partial charge < -0.3 is 29.9 Å². The first kappa shape index (κ1) is 21.4. The molecule has 2 aromatic rings. The number of aromatic nitrogens is 2. The molecule has 11 nitrogen and oxygen atoms in total. The van der Waals surface area contributed by atoms with Crippen LogP contribution < -0.4 is 16.9 Å². The lowest BCUT2D eigenvalue weighted by Crippen LogP contribution is -2.35. The fraction of sp³-hybridized carbons (Fsp3) is 0.450. The van der Waals surface area contributed by atoms with Crippen LogP contribution in [0.5, 0.6) is 0 Å². The third-order valence-corrected chi connectivity index (χ3v) is 5.08. The summed E-state index contributed by atoms with van der Waals surface area (Å²) in [6, 6.07) is 9.18. The number of rotatable bonds is 6. The minimum atomic E-state index is -0.990. The Morgan fingerprint density at radius 2 is 2.00 bits per heavy atom. The largest absolute Gasteiger partial charge is 0.394 e. The number of hydrogen-bond donors (Lipinski definition) is 3. The van der Waals surface area contributed by atoms with Crippen LogP contribution in [0.15, 0.2) is 47.4 Å². The average Bonchev–Trinajstić information content (AvgIpc) is 3.25. The molecule has 11 heteroatoms. The van der Waals surface area contributed by atoms with Crippen molar-refractivity contribution in [1.29, 1.82) is 0 Å². The molecule has 0 amide bonds. The molecule has 1 aromatic heterocycles. The fourth-order valence-electron chi connectivity index (χ4n) is 3.66. The Labute approximate surface area is 177 Å². The van der Waals surface area contributed by atoms with Crippen LogP contribution >= 0.6 is 0 Å². The molecule has 2 fully saturated rings. The summed E-state index contributed by atoms with van der Waals surface area (Å²) in [7, 11) is 0. The van der Waals surface area contributed by atoms with Crippen molar-refractivity contribution in [1.82, 2.24) is 9.55 Å². The minimum Gasteiger partial charge on any atom is -0.394 e. The second-order valence-electron chi connectivity index (χ2n) is 7.73. The van der Waals surface area contributed by atoms with Crippen LogP contribution in [0.25, 0.3) is 0 Å². The number of hydrogen-bond acceptors (Lipinski definition) is 10. The molecule has 31 heavy (non-hydrogen) atoms. The van der Waals surface area contributed by atoms with Gasteiger partial charge in [0.15, 0.2) is 17.8 Å². The predicted molar refractivity (Wildman–Crippen MR) is 106 cm³/mol. The molecule has 0 bridgehead atoms. The molecular formula is C20H24N4O7. The zero-order valence-electron chi connectivity index (χ0n) is 17.0. The average molecular weight is 432 g/mol. The van der Waals surface area contributed by atoms with Crippen molar-refractivity contribution < 1.29 is 28.9 Å². The monoisotopic (exact) mass is 432 g/mol. The number of nitrogens with zero attached hydrogens (tertiary/aromatic N) is 2. The van der Waals surface area contributed by atoms with Gasteiger partial charge in [0.05, 0.1) is 6.61 Å². The van der Waals surface area contributed by atoms with E-state index in [9.17, 15) is 14.7 Å². The van der Waals surface area contributed by atoms with E-state index in [4.69, 9.17) is 24.8 Å². The quantitative estimate of drug-likeness (QED) is 0.542. The van der Waals surface area contributed by atoms with Crippen molar-refractivity contribution in [2.75, 3.05) is 12.1 Å². The topological polar surface area (TPSA) is 147 Å². The number of nitrogens with two attached hydrogens (primary N) is 1. The first-order valence-corrected chi connectivity index (χ1v) is 9.77. The van der Waals surface area contributed by atoms with Crippen LogP contribution in [0.2, 0.25) is 0 Å². The number of nitrogens with one attached hydrogen (secondary N) is 1. The summed E-state index contributed by atoms with van der Waals surface area (Å²) in [5.41, 5.74) is 8.14. The molecule has 0 saturated carbocycles. The maximum Gasteiger partial charge on any atom is 0.353 e. The molecule has 1 aromatic carbocycles. The van der Waals surface area contributed by atoms with Gasteiger partial charge in [-0.3, -0.25) is 4.57 Å². The molecule has 0 unspecified atom stereocenters. The highest BCUT2D eigenvalue weighted by Gasteiger charge is 2.55. The molecule has 166 valence electrons. The number of aliphatic hydroxyl groups excluding tert-OH is 1. The van der Waals surface area contributed by atoms with Gasteiger partial charge in [-0.25, -0.2) is 15.1 Å². The molecule has 3 heterocycles. The number of carbonyl (C=O) groups is 1. The molecule has 0 spiro atoms. The van der Waals surface area contributed by atoms with E-state index in [0.717, 1.165) is 0 Å². The minimum absolute atomic E-state index is 0.0204. The maximum absolute atomic E-state index is 12.6. The third kappa shape index (κ3) is 4.31. The summed E-state index contributed by atoms with van der Waals surface area (Å²) in [6.45, 7) is 3.22. The fourth-order valence-corrected chi connectivity index (χ4v) is 3.66. The van der Waals surface area contributed by atoms with Gasteiger partial charge >= 0.3 is 11.7 Å². The maximum atomic E-state index is 12.6. The highest BCUT2D eigenvalue weighted by molar-refractivity contribution is 5.77. The second kappa shape index (κ2) is 8.36. The van der Waals surface area contributed by atoms with E-state index < -0.39 is 48.0 Å². The smallest absolute Gasteiger partial charge is 0.353 e. The van der Waals surface area contributed by atoms with Crippen molar-refractivity contribution in [2.45, 2.75) is 50.2 Å². The van der Waals surface area contributed by atoms with Crippen molar-refractivity contribution in [3.05, 3.63) is 58.6 Å². The van der Waals surface area contributed by atoms with E-state index in [1.807, 2.05) is 6.07 Å². The summed E-state index contributed by atoms with van der Waals surface area (Å²) in [5, 5.41) is 9.58. The lowest BCUT2D eigenvalue weighted by Gasteiger charge is -2.24. The van der Waals surface area contributed by atoms with E-state index in [2.05, 4.69) is 10.5 Å². The van der Waals surface area contributed by atoms with Crippen LogP contribution in [0.3, 0.4) is 0 Å². The number of anilines is 1. The lowest BCUT2D eigenvalue weighted by molar-refractivity contribution is -0.200. The Balaban J connectivity index is 1.44.